The number of ether oxygens (including phenoxy) is 1. The first kappa shape index (κ1) is 24.5. The maximum Gasteiger partial charge on any atom is 0.407 e. The second kappa shape index (κ2) is 11.2. The highest BCUT2D eigenvalue weighted by atomic mass is 16.7. The monoisotopic (exact) mass is 480 g/mol. The van der Waals surface area contributed by atoms with Crippen molar-refractivity contribution in [3.05, 3.63) is 59.3 Å². The SMILES string of the molecule is CCC(=O)ONC(=O)[C@]1(CCc2ccc3c(n2)NCCC3)CCC1NC(=O)OCc1ccccc1. The molecule has 9 nitrogen and oxygen atoms in total. The molecule has 2 atom stereocenters. The predicted molar refractivity (Wildman–Crippen MR) is 129 cm³/mol. The summed E-state index contributed by atoms with van der Waals surface area (Å²) >= 11 is 0. The van der Waals surface area contributed by atoms with Crippen molar-refractivity contribution in [2.75, 3.05) is 11.9 Å². The third kappa shape index (κ3) is 5.90. The fraction of sp³-hybridized carbons (Fsp3) is 0.462. The van der Waals surface area contributed by atoms with Crippen LogP contribution in [0.5, 0.6) is 0 Å². The number of hydroxylamine groups is 1. The molecular weight excluding hydrogens is 448 g/mol. The van der Waals surface area contributed by atoms with E-state index in [1.165, 1.54) is 5.56 Å². The smallest absolute Gasteiger partial charge is 0.407 e. The van der Waals surface area contributed by atoms with Crippen molar-refractivity contribution < 1.29 is 24.0 Å². The second-order valence-corrected chi connectivity index (χ2v) is 9.05. The summed E-state index contributed by atoms with van der Waals surface area (Å²) in [4.78, 5) is 46.9. The average molecular weight is 481 g/mol. The Labute approximate surface area is 204 Å². The Balaban J connectivity index is 1.42. The minimum Gasteiger partial charge on any atom is -0.445 e. The van der Waals surface area contributed by atoms with Gasteiger partial charge in [-0.15, -0.1) is 0 Å². The summed E-state index contributed by atoms with van der Waals surface area (Å²) in [5.41, 5.74) is 4.32. The molecule has 1 saturated carbocycles. The highest BCUT2D eigenvalue weighted by Gasteiger charge is 2.53. The largest absolute Gasteiger partial charge is 0.445 e. The maximum atomic E-state index is 13.2. The van der Waals surface area contributed by atoms with Crippen molar-refractivity contribution in [1.82, 2.24) is 15.8 Å². The zero-order valence-electron chi connectivity index (χ0n) is 20.0. The van der Waals surface area contributed by atoms with E-state index in [2.05, 4.69) is 22.2 Å². The van der Waals surface area contributed by atoms with Gasteiger partial charge in [0, 0.05) is 24.7 Å². The van der Waals surface area contributed by atoms with E-state index in [-0.39, 0.29) is 13.0 Å². The zero-order chi connectivity index (χ0) is 24.7. The van der Waals surface area contributed by atoms with Crippen molar-refractivity contribution >= 4 is 23.8 Å². The number of rotatable bonds is 8. The Bertz CT molecular complexity index is 1060. The number of amides is 2. The van der Waals surface area contributed by atoms with Crippen LogP contribution in [0.25, 0.3) is 0 Å². The van der Waals surface area contributed by atoms with Gasteiger partial charge in [0.2, 0.25) is 0 Å². The number of nitrogens with one attached hydrogen (secondary N) is 3. The van der Waals surface area contributed by atoms with E-state index in [1.807, 2.05) is 36.4 Å². The molecule has 1 aromatic heterocycles. The summed E-state index contributed by atoms with van der Waals surface area (Å²) < 4.78 is 5.36. The number of carbonyl (C=O) groups excluding carboxylic acids is 3. The van der Waals surface area contributed by atoms with E-state index in [1.54, 1.807) is 6.92 Å². The number of aryl methyl sites for hydroxylation is 2. The van der Waals surface area contributed by atoms with Crippen LogP contribution in [0.2, 0.25) is 0 Å². The number of pyridine rings is 1. The lowest BCUT2D eigenvalue weighted by atomic mass is 9.61. The van der Waals surface area contributed by atoms with Crippen molar-refractivity contribution in [2.45, 2.75) is 64.5 Å². The molecule has 1 unspecified atom stereocenters. The Morgan fingerprint density at radius 2 is 2.00 bits per heavy atom. The lowest BCUT2D eigenvalue weighted by Crippen LogP contribution is -2.62. The fourth-order valence-electron chi connectivity index (χ4n) is 4.58. The Hall–Kier alpha value is -3.62. The lowest BCUT2D eigenvalue weighted by Gasteiger charge is -2.47. The van der Waals surface area contributed by atoms with E-state index < -0.39 is 29.4 Å². The highest BCUT2D eigenvalue weighted by Crippen LogP contribution is 2.45. The maximum absolute atomic E-state index is 13.2. The fourth-order valence-corrected chi connectivity index (χ4v) is 4.58. The number of alkyl carbamates (subject to hydrolysis) is 1. The van der Waals surface area contributed by atoms with Crippen LogP contribution in [-0.2, 0) is 38.6 Å². The van der Waals surface area contributed by atoms with Crippen LogP contribution < -0.4 is 16.1 Å². The van der Waals surface area contributed by atoms with E-state index in [0.29, 0.717) is 25.7 Å². The van der Waals surface area contributed by atoms with Gasteiger partial charge in [0.15, 0.2) is 0 Å². The predicted octanol–water partition coefficient (Wildman–Crippen LogP) is 3.43. The van der Waals surface area contributed by atoms with Gasteiger partial charge in [-0.2, -0.15) is 5.48 Å². The number of hydrogen-bond donors (Lipinski definition) is 3. The number of carbonyl (C=O) groups is 3. The molecule has 1 aliphatic heterocycles. The molecule has 35 heavy (non-hydrogen) atoms. The van der Waals surface area contributed by atoms with E-state index >= 15 is 0 Å². The molecule has 0 radical (unpaired) electrons. The van der Waals surface area contributed by atoms with Gasteiger partial charge in [0.25, 0.3) is 5.91 Å². The van der Waals surface area contributed by atoms with Crippen LogP contribution in [-0.4, -0.2) is 35.5 Å². The topological polar surface area (TPSA) is 119 Å². The molecule has 1 aromatic carbocycles. The highest BCUT2D eigenvalue weighted by molar-refractivity contribution is 5.86. The van der Waals surface area contributed by atoms with Crippen LogP contribution in [0, 0.1) is 5.41 Å². The summed E-state index contributed by atoms with van der Waals surface area (Å²) in [5.74, 6) is -0.0473. The molecule has 2 aromatic rings. The first-order valence-corrected chi connectivity index (χ1v) is 12.2. The van der Waals surface area contributed by atoms with Gasteiger partial charge in [0.1, 0.15) is 12.4 Å². The Morgan fingerprint density at radius 3 is 2.74 bits per heavy atom. The third-order valence-corrected chi connectivity index (χ3v) is 6.83. The minimum atomic E-state index is -0.926. The summed E-state index contributed by atoms with van der Waals surface area (Å²) in [6.45, 7) is 2.69. The molecule has 0 spiro atoms. The number of anilines is 1. The van der Waals surface area contributed by atoms with Crippen molar-refractivity contribution in [3.8, 4) is 0 Å². The standard InChI is InChI=1S/C26H32N4O5/c1-2-22(31)35-30-24(32)26(14-12-20-11-10-19-9-6-16-27-23(19)28-20)15-13-21(26)29-25(33)34-17-18-7-4-3-5-8-18/h3-5,7-8,10-11,21H,2,6,9,12-17H2,1H3,(H,27,28)(H,29,33)(H,30,32)/t21?,26-/m1/s1. The average Bonchev–Trinajstić information content (AvgIpc) is 2.89. The van der Waals surface area contributed by atoms with Crippen LogP contribution in [0.3, 0.4) is 0 Å². The van der Waals surface area contributed by atoms with Crippen LogP contribution in [0.1, 0.15) is 55.8 Å². The molecule has 1 fully saturated rings. The lowest BCUT2D eigenvalue weighted by molar-refractivity contribution is -0.166. The van der Waals surface area contributed by atoms with Gasteiger partial charge < -0.3 is 20.2 Å². The van der Waals surface area contributed by atoms with Crippen molar-refractivity contribution in [2.24, 2.45) is 5.41 Å². The molecule has 0 saturated heterocycles. The molecular formula is C26H32N4O5. The quantitative estimate of drug-likeness (QED) is 0.495. The number of fused-ring (bicyclic) bond motifs is 1. The molecule has 2 amide bonds. The van der Waals surface area contributed by atoms with Gasteiger partial charge in [-0.05, 0) is 55.7 Å². The summed E-state index contributed by atoms with van der Waals surface area (Å²) in [7, 11) is 0. The van der Waals surface area contributed by atoms with Crippen LogP contribution >= 0.6 is 0 Å². The molecule has 2 aliphatic rings. The summed E-state index contributed by atoms with van der Waals surface area (Å²) in [5, 5.41) is 6.18. The molecule has 3 N–H and O–H groups in total. The summed E-state index contributed by atoms with van der Waals surface area (Å²) in [6, 6.07) is 13.0. The van der Waals surface area contributed by atoms with Gasteiger partial charge in [0.05, 0.1) is 5.41 Å². The molecule has 1 aliphatic carbocycles. The van der Waals surface area contributed by atoms with Gasteiger partial charge in [-0.3, -0.25) is 4.79 Å². The first-order chi connectivity index (χ1) is 17.0. The van der Waals surface area contributed by atoms with Gasteiger partial charge in [-0.25, -0.2) is 14.6 Å². The van der Waals surface area contributed by atoms with Crippen molar-refractivity contribution in [1.29, 1.82) is 0 Å². The molecule has 186 valence electrons. The summed E-state index contributed by atoms with van der Waals surface area (Å²) in [6.07, 6.45) is 3.80. The normalized spacial score (nSPS) is 20.4. The van der Waals surface area contributed by atoms with E-state index in [9.17, 15) is 14.4 Å². The molecule has 4 rings (SSSR count). The Morgan fingerprint density at radius 1 is 1.17 bits per heavy atom. The minimum absolute atomic E-state index is 0.138. The van der Waals surface area contributed by atoms with Crippen molar-refractivity contribution in [3.63, 3.8) is 0 Å². The number of benzene rings is 1. The molecule has 0 bridgehead atoms. The van der Waals surface area contributed by atoms with E-state index in [0.717, 1.165) is 36.5 Å². The number of aromatic nitrogens is 1. The van der Waals surface area contributed by atoms with Crippen LogP contribution in [0.15, 0.2) is 42.5 Å². The zero-order valence-corrected chi connectivity index (χ0v) is 20.0. The Kier molecular flexibility index (Phi) is 7.84. The third-order valence-electron chi connectivity index (χ3n) is 6.83. The first-order valence-electron chi connectivity index (χ1n) is 12.2. The van der Waals surface area contributed by atoms with Crippen LogP contribution in [0.4, 0.5) is 10.6 Å². The number of hydrogen-bond acceptors (Lipinski definition) is 7. The second-order valence-electron chi connectivity index (χ2n) is 9.05. The van der Waals surface area contributed by atoms with E-state index in [4.69, 9.17) is 14.6 Å². The number of nitrogens with zero attached hydrogens (tertiary/aromatic N) is 1. The molecule has 2 heterocycles. The van der Waals surface area contributed by atoms with Gasteiger partial charge in [-0.1, -0.05) is 43.3 Å². The molecule has 9 heteroatoms. The van der Waals surface area contributed by atoms with Gasteiger partial charge >= 0.3 is 12.1 Å².